The van der Waals surface area contributed by atoms with E-state index < -0.39 is 0 Å². The fraction of sp³-hybridized carbons (Fsp3) is 0.545. The van der Waals surface area contributed by atoms with Crippen molar-refractivity contribution in [3.63, 3.8) is 0 Å². The molecule has 0 spiro atoms. The van der Waals surface area contributed by atoms with E-state index in [2.05, 4.69) is 40.3 Å². The van der Waals surface area contributed by atoms with E-state index in [-0.39, 0.29) is 0 Å². The number of nitrogens with one attached hydrogen (secondary N) is 1. The first-order valence-corrected chi connectivity index (χ1v) is 5.32. The molecule has 0 radical (unpaired) electrons. The number of hydrogen-bond acceptors (Lipinski definition) is 3. The van der Waals surface area contributed by atoms with Crippen molar-refractivity contribution in [1.29, 1.82) is 0 Å². The molecular formula is C11H20N4. The van der Waals surface area contributed by atoms with Crippen LogP contribution in [0.5, 0.6) is 0 Å². The van der Waals surface area contributed by atoms with Crippen molar-refractivity contribution in [2.24, 2.45) is 0 Å². The van der Waals surface area contributed by atoms with Gasteiger partial charge in [-0.3, -0.25) is 0 Å². The van der Waals surface area contributed by atoms with E-state index in [1.165, 1.54) is 0 Å². The first-order chi connectivity index (χ1) is 7.27. The van der Waals surface area contributed by atoms with Gasteiger partial charge in [-0.25, -0.2) is 4.98 Å². The van der Waals surface area contributed by atoms with Crippen molar-refractivity contribution in [3.05, 3.63) is 25.0 Å². The summed E-state index contributed by atoms with van der Waals surface area (Å²) < 4.78 is 2.12. The van der Waals surface area contributed by atoms with Crippen LogP contribution in [-0.2, 0) is 6.54 Å². The van der Waals surface area contributed by atoms with E-state index in [9.17, 15) is 0 Å². The van der Waals surface area contributed by atoms with E-state index >= 15 is 0 Å². The Hall–Kier alpha value is -1.29. The van der Waals surface area contributed by atoms with Crippen LogP contribution in [0.3, 0.4) is 0 Å². The molecule has 1 heterocycles. The van der Waals surface area contributed by atoms with Crippen molar-refractivity contribution in [2.75, 3.05) is 32.0 Å². The zero-order chi connectivity index (χ0) is 11.1. The molecule has 4 heteroatoms. The van der Waals surface area contributed by atoms with Gasteiger partial charge in [0.1, 0.15) is 0 Å². The Morgan fingerprint density at radius 3 is 3.13 bits per heavy atom. The van der Waals surface area contributed by atoms with Gasteiger partial charge < -0.3 is 14.8 Å². The lowest BCUT2D eigenvalue weighted by molar-refractivity contribution is 0.336. The monoisotopic (exact) mass is 208 g/mol. The number of hydrogen-bond donors (Lipinski definition) is 1. The van der Waals surface area contributed by atoms with Gasteiger partial charge in [0.05, 0.1) is 0 Å². The largest absolute Gasteiger partial charge is 0.352 e. The van der Waals surface area contributed by atoms with E-state index in [4.69, 9.17) is 0 Å². The molecule has 4 nitrogen and oxygen atoms in total. The Bertz CT molecular complexity index is 293. The van der Waals surface area contributed by atoms with Crippen LogP contribution in [0.4, 0.5) is 5.95 Å². The zero-order valence-electron chi connectivity index (χ0n) is 9.61. The molecule has 0 amide bonds. The SMILES string of the molecule is C=CCNc1nccn1CCN(C)CC. The Balaban J connectivity index is 2.45. The molecule has 0 aliphatic carbocycles. The third kappa shape index (κ3) is 3.75. The summed E-state index contributed by atoms with van der Waals surface area (Å²) >= 11 is 0. The minimum atomic E-state index is 0.751. The summed E-state index contributed by atoms with van der Waals surface area (Å²) in [6.45, 7) is 9.65. The van der Waals surface area contributed by atoms with Crippen LogP contribution in [0, 0.1) is 0 Å². The van der Waals surface area contributed by atoms with Gasteiger partial charge in [0.25, 0.3) is 0 Å². The minimum absolute atomic E-state index is 0.751. The first-order valence-electron chi connectivity index (χ1n) is 5.32. The van der Waals surface area contributed by atoms with Crippen LogP contribution in [0.25, 0.3) is 0 Å². The average Bonchev–Trinajstić information content (AvgIpc) is 2.70. The van der Waals surface area contributed by atoms with Crippen molar-refractivity contribution in [1.82, 2.24) is 14.5 Å². The third-order valence-electron chi connectivity index (χ3n) is 2.38. The molecule has 84 valence electrons. The van der Waals surface area contributed by atoms with Crippen LogP contribution in [0.1, 0.15) is 6.92 Å². The van der Waals surface area contributed by atoms with Crippen molar-refractivity contribution < 1.29 is 0 Å². The van der Waals surface area contributed by atoms with E-state index in [0.29, 0.717) is 0 Å². The second-order valence-corrected chi connectivity index (χ2v) is 3.51. The molecule has 1 N–H and O–H groups in total. The summed E-state index contributed by atoms with van der Waals surface area (Å²) in [4.78, 5) is 6.52. The van der Waals surface area contributed by atoms with Gasteiger partial charge in [-0.1, -0.05) is 13.0 Å². The van der Waals surface area contributed by atoms with E-state index in [0.717, 1.165) is 32.1 Å². The second kappa shape index (κ2) is 6.24. The van der Waals surface area contributed by atoms with Crippen molar-refractivity contribution in [2.45, 2.75) is 13.5 Å². The highest BCUT2D eigenvalue weighted by atomic mass is 15.2. The lowest BCUT2D eigenvalue weighted by Gasteiger charge is -2.15. The smallest absolute Gasteiger partial charge is 0.203 e. The predicted octanol–water partition coefficient (Wildman–Crippen LogP) is 1.43. The molecule has 0 aliphatic rings. The van der Waals surface area contributed by atoms with Crippen LogP contribution in [0.15, 0.2) is 25.0 Å². The molecule has 0 atom stereocenters. The predicted molar refractivity (Wildman–Crippen MR) is 64.1 cm³/mol. The summed E-state index contributed by atoms with van der Waals surface area (Å²) in [6, 6.07) is 0. The third-order valence-corrected chi connectivity index (χ3v) is 2.38. The van der Waals surface area contributed by atoms with E-state index in [1.54, 1.807) is 0 Å². The van der Waals surface area contributed by atoms with Crippen molar-refractivity contribution in [3.8, 4) is 0 Å². The molecule has 1 aromatic rings. The summed E-state index contributed by atoms with van der Waals surface area (Å²) in [5, 5.41) is 3.20. The maximum Gasteiger partial charge on any atom is 0.203 e. The average molecular weight is 208 g/mol. The van der Waals surface area contributed by atoms with Crippen LogP contribution in [0.2, 0.25) is 0 Å². The van der Waals surface area contributed by atoms with Gasteiger partial charge in [-0.05, 0) is 13.6 Å². The van der Waals surface area contributed by atoms with Gasteiger partial charge in [0.2, 0.25) is 5.95 Å². The Morgan fingerprint density at radius 1 is 1.67 bits per heavy atom. The normalized spacial score (nSPS) is 10.6. The number of nitrogens with zero attached hydrogens (tertiary/aromatic N) is 3. The molecule has 15 heavy (non-hydrogen) atoms. The maximum absolute atomic E-state index is 4.24. The molecule has 0 aliphatic heterocycles. The molecule has 1 rings (SSSR count). The van der Waals surface area contributed by atoms with Gasteiger partial charge in [0.15, 0.2) is 0 Å². The molecule has 0 saturated carbocycles. The summed E-state index contributed by atoms with van der Waals surface area (Å²) in [7, 11) is 2.12. The number of likely N-dealkylation sites (N-methyl/N-ethyl adjacent to an activating group) is 1. The fourth-order valence-electron chi connectivity index (χ4n) is 1.26. The fourth-order valence-corrected chi connectivity index (χ4v) is 1.26. The highest BCUT2D eigenvalue weighted by Crippen LogP contribution is 2.03. The molecule has 0 aromatic carbocycles. The minimum Gasteiger partial charge on any atom is -0.352 e. The summed E-state index contributed by atoms with van der Waals surface area (Å²) in [6.07, 6.45) is 5.64. The Kier molecular flexibility index (Phi) is 4.90. The quantitative estimate of drug-likeness (QED) is 0.688. The molecule has 0 bridgehead atoms. The molecule has 0 fully saturated rings. The van der Waals surface area contributed by atoms with E-state index in [1.807, 2.05) is 18.5 Å². The first kappa shape index (κ1) is 11.8. The number of aromatic nitrogens is 2. The highest BCUT2D eigenvalue weighted by Gasteiger charge is 2.01. The lowest BCUT2D eigenvalue weighted by Crippen LogP contribution is -2.23. The topological polar surface area (TPSA) is 33.1 Å². The highest BCUT2D eigenvalue weighted by molar-refractivity contribution is 5.26. The zero-order valence-corrected chi connectivity index (χ0v) is 9.61. The van der Waals surface area contributed by atoms with Gasteiger partial charge >= 0.3 is 0 Å². The molecule has 1 aromatic heterocycles. The van der Waals surface area contributed by atoms with Crippen molar-refractivity contribution >= 4 is 5.95 Å². The molecule has 0 saturated heterocycles. The van der Waals surface area contributed by atoms with Gasteiger partial charge in [-0.15, -0.1) is 6.58 Å². The number of anilines is 1. The molecule has 0 unspecified atom stereocenters. The lowest BCUT2D eigenvalue weighted by atomic mass is 10.5. The second-order valence-electron chi connectivity index (χ2n) is 3.51. The summed E-state index contributed by atoms with van der Waals surface area (Å²) in [5.74, 6) is 0.916. The standard InChI is InChI=1S/C11H20N4/c1-4-6-12-11-13-7-8-15(11)10-9-14(3)5-2/h4,7-8H,1,5-6,9-10H2,2-3H3,(H,12,13). The Labute approximate surface area is 91.6 Å². The van der Waals surface area contributed by atoms with Gasteiger partial charge in [-0.2, -0.15) is 0 Å². The number of imidazole rings is 1. The van der Waals surface area contributed by atoms with Gasteiger partial charge in [0, 0.05) is 32.0 Å². The molecular weight excluding hydrogens is 188 g/mol. The summed E-state index contributed by atoms with van der Waals surface area (Å²) in [5.41, 5.74) is 0. The Morgan fingerprint density at radius 2 is 2.47 bits per heavy atom. The van der Waals surface area contributed by atoms with Crippen LogP contribution < -0.4 is 5.32 Å². The van der Waals surface area contributed by atoms with Crippen LogP contribution >= 0.6 is 0 Å². The van der Waals surface area contributed by atoms with Crippen LogP contribution in [-0.4, -0.2) is 41.1 Å². The number of rotatable bonds is 7. The maximum atomic E-state index is 4.24.